The van der Waals surface area contributed by atoms with Gasteiger partial charge in [0.05, 0.1) is 31.3 Å². The number of rotatable bonds is 41. The molecule has 1 saturated carbocycles. The van der Waals surface area contributed by atoms with Crippen molar-refractivity contribution in [2.24, 2.45) is 0 Å². The van der Waals surface area contributed by atoms with Crippen LogP contribution in [0, 0.1) is 0 Å². The highest BCUT2D eigenvalue weighted by Gasteiger charge is 2.51. The van der Waals surface area contributed by atoms with E-state index in [0.29, 0.717) is 12.8 Å². The minimum absolute atomic E-state index is 0.221. The van der Waals surface area contributed by atoms with E-state index in [1.54, 1.807) is 0 Å². The fourth-order valence-corrected chi connectivity index (χ4v) is 9.02. The molecule has 8 atom stereocenters. The van der Waals surface area contributed by atoms with Crippen molar-refractivity contribution in [1.82, 2.24) is 5.32 Å². The lowest BCUT2D eigenvalue weighted by Gasteiger charge is -2.41. The fraction of sp³-hybridized carbons (Fsp3) is 0.896. The lowest BCUT2D eigenvalue weighted by Crippen LogP contribution is -2.64. The van der Waals surface area contributed by atoms with Gasteiger partial charge in [-0.1, -0.05) is 192 Å². The first-order chi connectivity index (χ1) is 29.8. The molecule has 0 bridgehead atoms. The smallest absolute Gasteiger partial charge is 0.393 e. The maximum atomic E-state index is 13.0. The molecule has 1 fully saturated rings. The number of aliphatic hydroxyl groups excluding tert-OH is 7. The molecule has 9 N–H and O–H groups in total. The Kier molecular flexibility index (Phi) is 36.0. The van der Waals surface area contributed by atoms with E-state index < -0.39 is 75.2 Å². The Labute approximate surface area is 375 Å². The summed E-state index contributed by atoms with van der Waals surface area (Å²) in [4.78, 5) is 23.5. The van der Waals surface area contributed by atoms with E-state index in [2.05, 4.69) is 43.5 Å². The summed E-state index contributed by atoms with van der Waals surface area (Å²) in [6, 6.07) is -1.15. The maximum Gasteiger partial charge on any atom is 0.472 e. The van der Waals surface area contributed by atoms with E-state index in [-0.39, 0.29) is 12.8 Å². The van der Waals surface area contributed by atoms with Crippen molar-refractivity contribution >= 4 is 13.7 Å². The van der Waals surface area contributed by atoms with Crippen LogP contribution in [0.15, 0.2) is 24.3 Å². The molecule has 13 nitrogen and oxygen atoms in total. The third-order valence-electron chi connectivity index (χ3n) is 12.1. The standard InChI is InChI=1S/C48H92NO12P/c1-3-5-7-9-11-13-15-17-18-19-20-21-22-24-25-27-29-31-33-35-39(50)37-42(52)49-40(41(51)36-34-32-30-28-26-23-16-14-12-10-8-6-4-2)38-60-62(58,59)61-48-46(56)44(54)43(53)45(55)47(48)57/h5,7,11,13,39-41,43-48,50-51,53-57H,3-4,6,8-10,12,14-38H2,1-2H3,(H,49,52)(H,58,59)/b7-5-,13-11-. The van der Waals surface area contributed by atoms with Gasteiger partial charge < -0.3 is 46.0 Å². The van der Waals surface area contributed by atoms with E-state index >= 15 is 0 Å². The number of hydrogen-bond acceptors (Lipinski definition) is 11. The Morgan fingerprint density at radius 2 is 1.00 bits per heavy atom. The first-order valence-electron chi connectivity index (χ1n) is 24.9. The highest BCUT2D eigenvalue weighted by Crippen LogP contribution is 2.47. The molecule has 0 aliphatic heterocycles. The molecule has 1 aliphatic carbocycles. The van der Waals surface area contributed by atoms with Crippen LogP contribution in [0.2, 0.25) is 0 Å². The molecule has 0 spiro atoms. The van der Waals surface area contributed by atoms with Gasteiger partial charge in [-0.2, -0.15) is 0 Å². The zero-order valence-corrected chi connectivity index (χ0v) is 39.7. The Balaban J connectivity index is 2.44. The topological polar surface area (TPSA) is 226 Å². The first kappa shape index (κ1) is 58.8. The van der Waals surface area contributed by atoms with Gasteiger partial charge in [0.15, 0.2) is 0 Å². The minimum atomic E-state index is -5.12. The Morgan fingerprint density at radius 1 is 0.581 bits per heavy atom. The third kappa shape index (κ3) is 29.3. The average molecular weight is 906 g/mol. The van der Waals surface area contributed by atoms with Crippen LogP contribution < -0.4 is 5.32 Å². The summed E-state index contributed by atoms with van der Waals surface area (Å²) < 4.78 is 22.9. The van der Waals surface area contributed by atoms with Crippen LogP contribution in [0.4, 0.5) is 0 Å². The van der Waals surface area contributed by atoms with Crippen molar-refractivity contribution in [3.05, 3.63) is 24.3 Å². The van der Waals surface area contributed by atoms with Crippen molar-refractivity contribution in [3.8, 4) is 0 Å². The Morgan fingerprint density at radius 3 is 1.48 bits per heavy atom. The SMILES string of the molecule is CC/C=C\C/C=C\CCCCCCCCCCCCCCC(O)CC(=O)NC(COP(=O)(O)OC1C(O)C(O)C(O)C(O)C1O)C(O)CCCCCCCCCCCCCCC. The van der Waals surface area contributed by atoms with Crippen LogP contribution in [-0.2, 0) is 18.4 Å². The quantitative estimate of drug-likeness (QED) is 0.0159. The van der Waals surface area contributed by atoms with E-state index in [4.69, 9.17) is 9.05 Å². The zero-order valence-electron chi connectivity index (χ0n) is 38.8. The highest BCUT2D eigenvalue weighted by molar-refractivity contribution is 7.47. The number of nitrogens with one attached hydrogen (secondary N) is 1. The van der Waals surface area contributed by atoms with Crippen molar-refractivity contribution in [1.29, 1.82) is 0 Å². The van der Waals surface area contributed by atoms with Gasteiger partial charge in [-0.05, 0) is 38.5 Å². The van der Waals surface area contributed by atoms with Crippen molar-refractivity contribution < 1.29 is 59.0 Å². The molecule has 8 unspecified atom stereocenters. The van der Waals surface area contributed by atoms with Crippen LogP contribution in [0.1, 0.15) is 213 Å². The average Bonchev–Trinajstić information content (AvgIpc) is 3.24. The second-order valence-electron chi connectivity index (χ2n) is 17.8. The molecule has 0 aromatic heterocycles. The molecule has 0 radical (unpaired) electrons. The summed E-state index contributed by atoms with van der Waals surface area (Å²) in [5.74, 6) is -0.560. The van der Waals surface area contributed by atoms with Gasteiger partial charge in [0.1, 0.15) is 36.6 Å². The van der Waals surface area contributed by atoms with Crippen LogP contribution in [0.25, 0.3) is 0 Å². The summed E-state index contributed by atoms with van der Waals surface area (Å²) in [6.45, 7) is 3.69. The van der Waals surface area contributed by atoms with Gasteiger partial charge in [0.2, 0.25) is 5.91 Å². The maximum absolute atomic E-state index is 13.0. The number of aliphatic hydroxyl groups is 7. The Hall–Kier alpha value is -1.22. The van der Waals surface area contributed by atoms with Gasteiger partial charge in [-0.25, -0.2) is 4.57 Å². The Bertz CT molecular complexity index is 1160. The molecule has 0 heterocycles. The second-order valence-corrected chi connectivity index (χ2v) is 19.2. The van der Waals surface area contributed by atoms with E-state index in [1.165, 1.54) is 109 Å². The zero-order chi connectivity index (χ0) is 45.9. The monoisotopic (exact) mass is 906 g/mol. The van der Waals surface area contributed by atoms with E-state index in [9.17, 15) is 50.0 Å². The van der Waals surface area contributed by atoms with Gasteiger partial charge in [-0.15, -0.1) is 0 Å². The molecule has 62 heavy (non-hydrogen) atoms. The molecule has 366 valence electrons. The third-order valence-corrected chi connectivity index (χ3v) is 13.1. The number of phosphoric ester groups is 1. The predicted octanol–water partition coefficient (Wildman–Crippen LogP) is 8.76. The van der Waals surface area contributed by atoms with Gasteiger partial charge in [0, 0.05) is 0 Å². The number of allylic oxidation sites excluding steroid dienone is 4. The normalized spacial score (nSPS) is 23.2. The summed E-state index contributed by atoms with van der Waals surface area (Å²) >= 11 is 0. The lowest BCUT2D eigenvalue weighted by atomic mass is 9.85. The number of hydrogen-bond donors (Lipinski definition) is 9. The molecule has 0 saturated heterocycles. The van der Waals surface area contributed by atoms with Crippen molar-refractivity contribution in [3.63, 3.8) is 0 Å². The molecule has 14 heteroatoms. The number of phosphoric acid groups is 1. The molecular weight excluding hydrogens is 813 g/mol. The number of amides is 1. The van der Waals surface area contributed by atoms with Gasteiger partial charge in [-0.3, -0.25) is 13.8 Å². The lowest BCUT2D eigenvalue weighted by molar-refractivity contribution is -0.220. The minimum Gasteiger partial charge on any atom is -0.393 e. The summed E-state index contributed by atoms with van der Waals surface area (Å²) in [7, 11) is -5.12. The second kappa shape index (κ2) is 37.9. The predicted molar refractivity (Wildman–Crippen MR) is 247 cm³/mol. The number of carbonyl (C=O) groups is 1. The van der Waals surface area contributed by atoms with Gasteiger partial charge in [0.25, 0.3) is 0 Å². The molecule has 0 aromatic carbocycles. The summed E-state index contributed by atoms with van der Waals surface area (Å²) in [5.41, 5.74) is 0. The fourth-order valence-electron chi connectivity index (χ4n) is 8.05. The highest BCUT2D eigenvalue weighted by atomic mass is 31.2. The van der Waals surface area contributed by atoms with Crippen LogP contribution in [-0.4, -0.2) is 108 Å². The molecule has 0 aromatic rings. The first-order valence-corrected chi connectivity index (χ1v) is 26.4. The van der Waals surface area contributed by atoms with Crippen LogP contribution in [0.3, 0.4) is 0 Å². The molecular formula is C48H92NO12P. The van der Waals surface area contributed by atoms with Crippen molar-refractivity contribution in [2.45, 2.75) is 268 Å². The van der Waals surface area contributed by atoms with E-state index in [0.717, 1.165) is 64.2 Å². The number of unbranched alkanes of at least 4 members (excludes halogenated alkanes) is 24. The van der Waals surface area contributed by atoms with Crippen molar-refractivity contribution in [2.75, 3.05) is 6.61 Å². The van der Waals surface area contributed by atoms with Crippen LogP contribution in [0.5, 0.6) is 0 Å². The largest absolute Gasteiger partial charge is 0.472 e. The summed E-state index contributed by atoms with van der Waals surface area (Å²) in [6.07, 6.45) is 28.0. The molecule has 1 rings (SSSR count). The molecule has 1 aliphatic rings. The molecule has 1 amide bonds. The van der Waals surface area contributed by atoms with Crippen LogP contribution >= 0.6 is 7.82 Å². The van der Waals surface area contributed by atoms with E-state index in [1.807, 2.05) is 0 Å². The summed E-state index contributed by atoms with van der Waals surface area (Å²) in [5, 5.41) is 74.7. The number of carbonyl (C=O) groups excluding carboxylic acids is 1. The van der Waals surface area contributed by atoms with Gasteiger partial charge >= 0.3 is 7.82 Å².